The Kier molecular flexibility index (Phi) is 4.69. The molecule has 1 N–H and O–H groups in total. The molecule has 0 saturated carbocycles. The number of pyridine rings is 1. The molecule has 10 heteroatoms. The second kappa shape index (κ2) is 5.88. The minimum Gasteiger partial charge on any atom is -0.469 e. The first kappa shape index (κ1) is 15.9. The zero-order chi connectivity index (χ0) is 15.5. The van der Waals surface area contributed by atoms with E-state index < -0.39 is 47.7 Å². The third-order valence-electron chi connectivity index (χ3n) is 2.08. The average Bonchev–Trinajstić information content (AvgIpc) is 2.31. The van der Waals surface area contributed by atoms with Crippen molar-refractivity contribution in [3.63, 3.8) is 0 Å². The number of hydrogen-bond donors (Lipinski definition) is 1. The fourth-order valence-corrected chi connectivity index (χ4v) is 1.31. The molecular formula is C10H8F5NO4. The predicted octanol–water partition coefficient (Wildman–Crippen LogP) is 1.93. The summed E-state index contributed by atoms with van der Waals surface area (Å²) in [5.41, 5.74) is -3.09. The van der Waals surface area contributed by atoms with E-state index in [1.165, 1.54) is 0 Å². The standard InChI is InChI=1S/C10H8F5NO4/c1-19-7(18)3-4-8(20-10(13,14)15)6(17)2-5(16-4)9(11)12/h2,9H,3H2,1H3,(H,16,17). The van der Waals surface area contributed by atoms with E-state index in [4.69, 9.17) is 0 Å². The highest BCUT2D eigenvalue weighted by Crippen LogP contribution is 2.25. The summed E-state index contributed by atoms with van der Waals surface area (Å²) in [6.45, 7) is 0. The number of hydrogen-bond acceptors (Lipinski definition) is 4. The number of halogens is 5. The van der Waals surface area contributed by atoms with Crippen molar-refractivity contribution in [3.05, 3.63) is 27.7 Å². The Morgan fingerprint density at radius 3 is 2.45 bits per heavy atom. The normalized spacial score (nSPS) is 11.6. The van der Waals surface area contributed by atoms with Gasteiger partial charge in [0.05, 0.1) is 24.9 Å². The van der Waals surface area contributed by atoms with E-state index in [0.717, 1.165) is 7.11 Å². The molecule has 5 nitrogen and oxygen atoms in total. The summed E-state index contributed by atoms with van der Waals surface area (Å²) in [4.78, 5) is 24.3. The van der Waals surface area contributed by atoms with Crippen LogP contribution in [0.25, 0.3) is 0 Å². The number of carbonyl (C=O) groups is 1. The maximum atomic E-state index is 12.5. The number of carbonyl (C=O) groups excluding carboxylic acids is 1. The highest BCUT2D eigenvalue weighted by atomic mass is 19.4. The second-order valence-corrected chi connectivity index (χ2v) is 3.50. The molecule has 0 unspecified atom stereocenters. The molecule has 0 spiro atoms. The first-order valence-corrected chi connectivity index (χ1v) is 5.01. The molecule has 1 aromatic heterocycles. The van der Waals surface area contributed by atoms with Gasteiger partial charge in [-0.3, -0.25) is 9.59 Å². The van der Waals surface area contributed by atoms with Gasteiger partial charge >= 0.3 is 12.3 Å². The van der Waals surface area contributed by atoms with Gasteiger partial charge < -0.3 is 14.5 Å². The molecule has 0 bridgehead atoms. The third-order valence-corrected chi connectivity index (χ3v) is 2.08. The van der Waals surface area contributed by atoms with Gasteiger partial charge in [0.15, 0.2) is 5.75 Å². The monoisotopic (exact) mass is 301 g/mol. The number of aromatic nitrogens is 1. The van der Waals surface area contributed by atoms with E-state index >= 15 is 0 Å². The molecule has 0 aliphatic carbocycles. The van der Waals surface area contributed by atoms with Crippen molar-refractivity contribution >= 4 is 5.97 Å². The smallest absolute Gasteiger partial charge is 0.469 e. The van der Waals surface area contributed by atoms with Crippen molar-refractivity contribution in [2.75, 3.05) is 7.11 Å². The first-order chi connectivity index (χ1) is 9.14. The summed E-state index contributed by atoms with van der Waals surface area (Å²) in [5, 5.41) is 0. The largest absolute Gasteiger partial charge is 0.573 e. The van der Waals surface area contributed by atoms with Gasteiger partial charge in [-0.2, -0.15) is 0 Å². The quantitative estimate of drug-likeness (QED) is 0.681. The van der Waals surface area contributed by atoms with Crippen LogP contribution in [0.3, 0.4) is 0 Å². The molecule has 0 aliphatic rings. The Bertz CT molecular complexity index is 552. The van der Waals surface area contributed by atoms with E-state index in [2.05, 4.69) is 9.47 Å². The molecule has 0 saturated heterocycles. The zero-order valence-electron chi connectivity index (χ0n) is 9.88. The van der Waals surface area contributed by atoms with Crippen LogP contribution in [0.5, 0.6) is 5.75 Å². The lowest BCUT2D eigenvalue weighted by Crippen LogP contribution is -2.25. The molecule has 1 rings (SSSR count). The SMILES string of the molecule is COC(=O)Cc1[nH]c(C(F)F)cc(=O)c1OC(F)(F)F. The summed E-state index contributed by atoms with van der Waals surface area (Å²) in [6.07, 6.45) is -9.18. The van der Waals surface area contributed by atoms with Gasteiger partial charge in [-0.1, -0.05) is 0 Å². The van der Waals surface area contributed by atoms with E-state index in [1.54, 1.807) is 0 Å². The summed E-state index contributed by atoms with van der Waals surface area (Å²) in [5.74, 6) is -2.30. The number of nitrogens with one attached hydrogen (secondary N) is 1. The maximum absolute atomic E-state index is 12.5. The molecule has 1 heterocycles. The molecular weight excluding hydrogens is 293 g/mol. The molecule has 0 atom stereocenters. The van der Waals surface area contributed by atoms with Gasteiger partial charge in [0.2, 0.25) is 5.43 Å². The highest BCUT2D eigenvalue weighted by Gasteiger charge is 2.34. The van der Waals surface area contributed by atoms with E-state index in [1.807, 2.05) is 4.98 Å². The fraction of sp³-hybridized carbons (Fsp3) is 0.400. The van der Waals surface area contributed by atoms with Gasteiger partial charge in [0.25, 0.3) is 6.43 Å². The number of aromatic amines is 1. The van der Waals surface area contributed by atoms with Gasteiger partial charge in [-0.25, -0.2) is 8.78 Å². The van der Waals surface area contributed by atoms with Crippen molar-refractivity contribution in [2.24, 2.45) is 0 Å². The summed E-state index contributed by atoms with van der Waals surface area (Å²) in [6, 6.07) is 0.270. The lowest BCUT2D eigenvalue weighted by molar-refractivity contribution is -0.275. The van der Waals surface area contributed by atoms with Crippen LogP contribution in [-0.2, 0) is 16.0 Å². The van der Waals surface area contributed by atoms with Crippen molar-refractivity contribution in [1.82, 2.24) is 4.98 Å². The van der Waals surface area contributed by atoms with Crippen LogP contribution < -0.4 is 10.2 Å². The molecule has 1 aromatic rings. The molecule has 0 aromatic carbocycles. The van der Waals surface area contributed by atoms with Crippen LogP contribution in [0.1, 0.15) is 17.8 Å². The fourth-order valence-electron chi connectivity index (χ4n) is 1.31. The minimum absolute atomic E-state index is 0.270. The molecule has 0 radical (unpaired) electrons. The number of ether oxygens (including phenoxy) is 2. The minimum atomic E-state index is -5.20. The van der Waals surface area contributed by atoms with E-state index in [0.29, 0.717) is 0 Å². The van der Waals surface area contributed by atoms with Crippen molar-refractivity contribution in [1.29, 1.82) is 0 Å². The van der Waals surface area contributed by atoms with Crippen LogP contribution in [0.4, 0.5) is 22.0 Å². The summed E-state index contributed by atoms with van der Waals surface area (Å²) < 4.78 is 69.0. The first-order valence-electron chi connectivity index (χ1n) is 5.01. The van der Waals surface area contributed by atoms with E-state index in [9.17, 15) is 31.5 Å². The van der Waals surface area contributed by atoms with Gasteiger partial charge in [-0.15, -0.1) is 13.2 Å². The van der Waals surface area contributed by atoms with Gasteiger partial charge in [0, 0.05) is 6.07 Å². The molecule has 112 valence electrons. The number of H-pyrrole nitrogens is 1. The van der Waals surface area contributed by atoms with Crippen LogP contribution in [0, 0.1) is 0 Å². The average molecular weight is 301 g/mol. The van der Waals surface area contributed by atoms with Crippen LogP contribution >= 0.6 is 0 Å². The Morgan fingerprint density at radius 2 is 2.00 bits per heavy atom. The van der Waals surface area contributed by atoms with Gasteiger partial charge in [-0.05, 0) is 0 Å². The number of methoxy groups -OCH3 is 1. The molecule has 20 heavy (non-hydrogen) atoms. The molecule has 0 aliphatic heterocycles. The zero-order valence-corrected chi connectivity index (χ0v) is 9.88. The van der Waals surface area contributed by atoms with Crippen molar-refractivity contribution < 1.29 is 36.2 Å². The summed E-state index contributed by atoms with van der Waals surface area (Å²) in [7, 11) is 0.946. The highest BCUT2D eigenvalue weighted by molar-refractivity contribution is 5.72. The number of alkyl halides is 5. The maximum Gasteiger partial charge on any atom is 0.573 e. The summed E-state index contributed by atoms with van der Waals surface area (Å²) >= 11 is 0. The molecule has 0 amide bonds. The lowest BCUT2D eigenvalue weighted by Gasteiger charge is -2.13. The lowest BCUT2D eigenvalue weighted by atomic mass is 10.2. The topological polar surface area (TPSA) is 68.4 Å². The Morgan fingerprint density at radius 1 is 1.40 bits per heavy atom. The van der Waals surface area contributed by atoms with Crippen molar-refractivity contribution in [3.8, 4) is 5.75 Å². The van der Waals surface area contributed by atoms with Crippen LogP contribution in [-0.4, -0.2) is 24.4 Å². The van der Waals surface area contributed by atoms with Crippen molar-refractivity contribution in [2.45, 2.75) is 19.2 Å². The van der Waals surface area contributed by atoms with Crippen LogP contribution in [0.2, 0.25) is 0 Å². The van der Waals surface area contributed by atoms with Gasteiger partial charge in [0.1, 0.15) is 0 Å². The van der Waals surface area contributed by atoms with E-state index in [-0.39, 0.29) is 6.07 Å². The number of rotatable bonds is 4. The Labute approximate surface area is 108 Å². The van der Waals surface area contributed by atoms with Crippen LogP contribution in [0.15, 0.2) is 10.9 Å². The second-order valence-electron chi connectivity index (χ2n) is 3.50. The predicted molar refractivity (Wildman–Crippen MR) is 54.4 cm³/mol. The third kappa shape index (κ3) is 4.21. The number of esters is 1. The Hall–Kier alpha value is -2.13. The molecule has 0 fully saturated rings. The Balaban J connectivity index is 3.32.